The Morgan fingerprint density at radius 1 is 0.700 bits per heavy atom. The number of nitrogens with two attached hydrogens (primary N) is 1. The van der Waals surface area contributed by atoms with Crippen molar-refractivity contribution in [2.75, 3.05) is 0 Å². The molecule has 144 valence electrons. The third kappa shape index (κ3) is 3.17. The summed E-state index contributed by atoms with van der Waals surface area (Å²) in [4.78, 5) is 4.51. The van der Waals surface area contributed by atoms with Crippen LogP contribution in [0.4, 0.5) is 0 Å². The fraction of sp³-hybridized carbons (Fsp3) is 0. The van der Waals surface area contributed by atoms with Crippen LogP contribution in [0, 0.1) is 5.41 Å². The summed E-state index contributed by atoms with van der Waals surface area (Å²) < 4.78 is 2.32. The van der Waals surface area contributed by atoms with E-state index in [9.17, 15) is 0 Å². The summed E-state index contributed by atoms with van der Waals surface area (Å²) >= 11 is 1.71. The van der Waals surface area contributed by atoms with E-state index in [0.29, 0.717) is 5.84 Å². The Bertz CT molecular complexity index is 1410. The molecule has 5 rings (SSSR count). The first-order valence-corrected chi connectivity index (χ1v) is 10.5. The molecule has 4 heteroatoms. The lowest BCUT2D eigenvalue weighted by Gasteiger charge is -2.09. The molecule has 3 nitrogen and oxygen atoms in total. The van der Waals surface area contributed by atoms with E-state index >= 15 is 0 Å². The van der Waals surface area contributed by atoms with E-state index in [0.717, 1.165) is 27.0 Å². The van der Waals surface area contributed by atoms with Crippen LogP contribution >= 0.6 is 11.3 Å². The fourth-order valence-corrected chi connectivity index (χ4v) is 4.97. The Balaban J connectivity index is 1.59. The number of benzene rings is 4. The average Bonchev–Trinajstić information content (AvgIpc) is 3.18. The van der Waals surface area contributed by atoms with Crippen LogP contribution in [-0.4, -0.2) is 11.7 Å². The SMILES string of the molecule is N=C(N=C(N)c1cccc2c1sc1ccccc12)c1ccccc1-c1ccccc1. The van der Waals surface area contributed by atoms with Crippen molar-refractivity contribution in [1.82, 2.24) is 0 Å². The Morgan fingerprint density at radius 3 is 2.23 bits per heavy atom. The molecule has 0 aliphatic carbocycles. The number of nitrogens with zero attached hydrogens (tertiary/aromatic N) is 1. The molecule has 0 bridgehead atoms. The molecule has 0 atom stereocenters. The number of hydrogen-bond donors (Lipinski definition) is 2. The standard InChI is InChI=1S/C26H19N3S/c27-25(21-13-5-4-11-18(21)17-9-2-1-3-10-17)29-26(28)22-15-8-14-20-19-12-6-7-16-23(19)30-24(20)22/h1-16H,(H3,27,28,29). The van der Waals surface area contributed by atoms with Gasteiger partial charge in [0.2, 0.25) is 0 Å². The minimum atomic E-state index is 0.157. The van der Waals surface area contributed by atoms with Crippen molar-refractivity contribution in [2.24, 2.45) is 10.7 Å². The van der Waals surface area contributed by atoms with Crippen LogP contribution in [0.3, 0.4) is 0 Å². The molecule has 0 fully saturated rings. The number of rotatable bonds is 3. The van der Waals surface area contributed by atoms with Crippen molar-refractivity contribution in [3.05, 3.63) is 108 Å². The fourth-order valence-electron chi connectivity index (χ4n) is 3.75. The zero-order chi connectivity index (χ0) is 20.5. The van der Waals surface area contributed by atoms with Gasteiger partial charge in [0.25, 0.3) is 0 Å². The predicted molar refractivity (Wildman–Crippen MR) is 129 cm³/mol. The maximum Gasteiger partial charge on any atom is 0.154 e. The summed E-state index contributed by atoms with van der Waals surface area (Å²) in [6, 6.07) is 32.3. The van der Waals surface area contributed by atoms with Gasteiger partial charge in [0.05, 0.1) is 0 Å². The molecule has 1 heterocycles. The van der Waals surface area contributed by atoms with Gasteiger partial charge in [0.1, 0.15) is 5.84 Å². The first kappa shape index (κ1) is 18.3. The van der Waals surface area contributed by atoms with E-state index in [4.69, 9.17) is 11.1 Å². The molecule has 5 aromatic rings. The molecule has 3 N–H and O–H groups in total. The van der Waals surface area contributed by atoms with E-state index in [1.165, 1.54) is 15.5 Å². The Labute approximate surface area is 178 Å². The minimum Gasteiger partial charge on any atom is -0.383 e. The van der Waals surface area contributed by atoms with Gasteiger partial charge < -0.3 is 5.73 Å². The molecule has 0 unspecified atom stereocenters. The lowest BCUT2D eigenvalue weighted by Crippen LogP contribution is -2.16. The van der Waals surface area contributed by atoms with Crippen molar-refractivity contribution < 1.29 is 0 Å². The highest BCUT2D eigenvalue weighted by Crippen LogP contribution is 2.35. The molecule has 0 saturated carbocycles. The molecule has 4 aromatic carbocycles. The van der Waals surface area contributed by atoms with Crippen LogP contribution in [0.2, 0.25) is 0 Å². The normalized spacial score (nSPS) is 11.8. The quantitative estimate of drug-likeness (QED) is 0.263. The van der Waals surface area contributed by atoms with Crippen LogP contribution in [0.25, 0.3) is 31.3 Å². The molecule has 0 radical (unpaired) electrons. The highest BCUT2D eigenvalue weighted by atomic mass is 32.1. The van der Waals surface area contributed by atoms with Crippen molar-refractivity contribution >= 4 is 43.2 Å². The molecule has 0 saturated heterocycles. The lowest BCUT2D eigenvalue weighted by atomic mass is 9.99. The average molecular weight is 406 g/mol. The number of nitrogens with one attached hydrogen (secondary N) is 1. The molecule has 0 aliphatic rings. The zero-order valence-electron chi connectivity index (χ0n) is 16.2. The van der Waals surface area contributed by atoms with E-state index < -0.39 is 0 Å². The van der Waals surface area contributed by atoms with E-state index in [2.05, 4.69) is 29.3 Å². The molecule has 0 aliphatic heterocycles. The maximum absolute atomic E-state index is 8.65. The molecule has 0 amide bonds. The second-order valence-electron chi connectivity index (χ2n) is 7.04. The summed E-state index contributed by atoms with van der Waals surface area (Å²) in [6.45, 7) is 0. The van der Waals surface area contributed by atoms with Crippen LogP contribution in [0.15, 0.2) is 102 Å². The lowest BCUT2D eigenvalue weighted by molar-refractivity contribution is 1.40. The first-order valence-electron chi connectivity index (χ1n) is 9.70. The first-order chi connectivity index (χ1) is 14.7. The monoisotopic (exact) mass is 405 g/mol. The maximum atomic E-state index is 8.65. The zero-order valence-corrected chi connectivity index (χ0v) is 17.0. The number of thiophene rings is 1. The van der Waals surface area contributed by atoms with Gasteiger partial charge in [-0.25, -0.2) is 4.99 Å². The van der Waals surface area contributed by atoms with Gasteiger partial charge in [-0.1, -0.05) is 84.9 Å². The van der Waals surface area contributed by atoms with Crippen LogP contribution in [-0.2, 0) is 0 Å². The van der Waals surface area contributed by atoms with Crippen molar-refractivity contribution in [1.29, 1.82) is 5.41 Å². The number of hydrogen-bond acceptors (Lipinski definition) is 2. The van der Waals surface area contributed by atoms with Crippen molar-refractivity contribution in [2.45, 2.75) is 0 Å². The number of amidine groups is 2. The third-order valence-corrected chi connectivity index (χ3v) is 6.40. The van der Waals surface area contributed by atoms with Crippen LogP contribution in [0.1, 0.15) is 11.1 Å². The van der Waals surface area contributed by atoms with Crippen LogP contribution < -0.4 is 5.73 Å². The summed E-state index contributed by atoms with van der Waals surface area (Å²) in [6.07, 6.45) is 0. The van der Waals surface area contributed by atoms with Gasteiger partial charge in [-0.05, 0) is 23.3 Å². The van der Waals surface area contributed by atoms with E-state index in [-0.39, 0.29) is 5.84 Å². The van der Waals surface area contributed by atoms with E-state index in [1.807, 2.05) is 72.8 Å². The van der Waals surface area contributed by atoms with Gasteiger partial charge in [-0.3, -0.25) is 5.41 Å². The van der Waals surface area contributed by atoms with Crippen molar-refractivity contribution in [3.63, 3.8) is 0 Å². The summed E-state index contributed by atoms with van der Waals surface area (Å²) in [5.41, 5.74) is 10.1. The topological polar surface area (TPSA) is 62.2 Å². The second kappa shape index (κ2) is 7.58. The second-order valence-corrected chi connectivity index (χ2v) is 8.09. The summed E-state index contributed by atoms with van der Waals surface area (Å²) in [7, 11) is 0. The Kier molecular flexibility index (Phi) is 4.62. The van der Waals surface area contributed by atoms with Gasteiger partial charge in [0, 0.05) is 31.3 Å². The van der Waals surface area contributed by atoms with Gasteiger partial charge >= 0.3 is 0 Å². The van der Waals surface area contributed by atoms with Gasteiger partial charge in [0.15, 0.2) is 5.84 Å². The Hall–Kier alpha value is -3.76. The third-order valence-electron chi connectivity index (χ3n) is 5.18. The molecule has 30 heavy (non-hydrogen) atoms. The number of fused-ring (bicyclic) bond motifs is 3. The van der Waals surface area contributed by atoms with Gasteiger partial charge in [-0.15, -0.1) is 11.3 Å². The Morgan fingerprint density at radius 2 is 1.37 bits per heavy atom. The highest BCUT2D eigenvalue weighted by molar-refractivity contribution is 7.26. The van der Waals surface area contributed by atoms with Crippen LogP contribution in [0.5, 0.6) is 0 Å². The molecular weight excluding hydrogens is 386 g/mol. The van der Waals surface area contributed by atoms with Gasteiger partial charge in [-0.2, -0.15) is 0 Å². The predicted octanol–water partition coefficient (Wildman–Crippen LogP) is 6.45. The van der Waals surface area contributed by atoms with Crippen molar-refractivity contribution in [3.8, 4) is 11.1 Å². The largest absolute Gasteiger partial charge is 0.383 e. The number of aliphatic imine (C=N–C) groups is 1. The van der Waals surface area contributed by atoms with E-state index in [1.54, 1.807) is 11.3 Å². The molecular formula is C26H19N3S. The molecule has 0 spiro atoms. The minimum absolute atomic E-state index is 0.157. The highest BCUT2D eigenvalue weighted by Gasteiger charge is 2.13. The molecule has 1 aromatic heterocycles. The summed E-state index contributed by atoms with van der Waals surface area (Å²) in [5.74, 6) is 0.519. The summed E-state index contributed by atoms with van der Waals surface area (Å²) in [5, 5.41) is 11.0. The smallest absolute Gasteiger partial charge is 0.154 e.